The third-order valence-corrected chi connectivity index (χ3v) is 3.48. The summed E-state index contributed by atoms with van der Waals surface area (Å²) in [4.78, 5) is 6.85. The number of hydrogen-bond acceptors (Lipinski definition) is 2. The van der Waals surface area contributed by atoms with E-state index in [1.165, 1.54) is 12.1 Å². The summed E-state index contributed by atoms with van der Waals surface area (Å²) in [6, 6.07) is 10.6. The van der Waals surface area contributed by atoms with Gasteiger partial charge in [-0.15, -0.1) is 24.0 Å². The Kier molecular flexibility index (Phi) is 7.72. The van der Waals surface area contributed by atoms with Crippen molar-refractivity contribution in [2.45, 2.75) is 19.8 Å². The van der Waals surface area contributed by atoms with Crippen LogP contribution in [0.4, 0.5) is 5.69 Å². The molecule has 0 spiro atoms. The van der Waals surface area contributed by atoms with Crippen LogP contribution in [0.5, 0.6) is 0 Å². The quantitative estimate of drug-likeness (QED) is 0.463. The lowest BCUT2D eigenvalue weighted by Gasteiger charge is -2.18. The lowest BCUT2D eigenvalue weighted by molar-refractivity contribution is 0.601. The lowest BCUT2D eigenvalue weighted by Crippen LogP contribution is -2.32. The highest BCUT2D eigenvalue weighted by Crippen LogP contribution is 2.23. The summed E-state index contributed by atoms with van der Waals surface area (Å²) >= 11 is 0. The molecule has 1 unspecified atom stereocenters. The molecule has 1 aromatic rings. The highest BCUT2D eigenvalue weighted by atomic mass is 127. The van der Waals surface area contributed by atoms with Crippen molar-refractivity contribution in [1.82, 2.24) is 5.32 Å². The van der Waals surface area contributed by atoms with Crippen LogP contribution < -0.4 is 16.0 Å². The van der Waals surface area contributed by atoms with E-state index in [0.717, 1.165) is 32.6 Å². The van der Waals surface area contributed by atoms with Gasteiger partial charge in [-0.05, 0) is 30.9 Å². The molecule has 1 saturated heterocycles. The van der Waals surface area contributed by atoms with Crippen molar-refractivity contribution < 1.29 is 0 Å². The molecule has 2 rings (SSSR count). The minimum absolute atomic E-state index is 0. The predicted molar refractivity (Wildman–Crippen MR) is 97.0 cm³/mol. The summed E-state index contributed by atoms with van der Waals surface area (Å²) in [5, 5.41) is 3.11. The van der Waals surface area contributed by atoms with E-state index >= 15 is 0 Å². The van der Waals surface area contributed by atoms with Gasteiger partial charge in [-0.1, -0.05) is 25.1 Å². The number of benzene rings is 1. The third kappa shape index (κ3) is 5.19. The average Bonchev–Trinajstić information content (AvgIpc) is 2.93. The molecule has 1 heterocycles. The molecule has 4 nitrogen and oxygen atoms in total. The van der Waals surface area contributed by atoms with Gasteiger partial charge in [-0.25, -0.2) is 0 Å². The number of aliphatic imine (C=N–C) groups is 1. The van der Waals surface area contributed by atoms with Gasteiger partial charge in [0.2, 0.25) is 0 Å². The Bertz CT molecular complexity index is 408. The molecule has 0 radical (unpaired) electrons. The number of rotatable bonds is 5. The molecule has 0 bridgehead atoms. The summed E-state index contributed by atoms with van der Waals surface area (Å²) in [5.41, 5.74) is 7.12. The maximum atomic E-state index is 5.81. The topological polar surface area (TPSA) is 53.6 Å². The van der Waals surface area contributed by atoms with E-state index in [2.05, 4.69) is 52.5 Å². The predicted octanol–water partition coefficient (Wildman–Crippen LogP) is 2.45. The molecule has 1 aliphatic heterocycles. The molecule has 1 atom stereocenters. The first-order valence-electron chi connectivity index (χ1n) is 7.13. The number of nitrogens with one attached hydrogen (secondary N) is 1. The second-order valence-electron chi connectivity index (χ2n) is 5.09. The number of hydrogen-bond donors (Lipinski definition) is 2. The SMILES string of the molecule is CCCNC(N)=NCC1CCN(c2ccccc2)C1.I. The van der Waals surface area contributed by atoms with Gasteiger partial charge in [-0.3, -0.25) is 4.99 Å². The summed E-state index contributed by atoms with van der Waals surface area (Å²) in [5.74, 6) is 1.20. The summed E-state index contributed by atoms with van der Waals surface area (Å²) in [6.07, 6.45) is 2.26. The van der Waals surface area contributed by atoms with Crippen LogP contribution >= 0.6 is 24.0 Å². The van der Waals surface area contributed by atoms with Crippen LogP contribution in [-0.4, -0.2) is 32.1 Å². The zero-order valence-corrected chi connectivity index (χ0v) is 14.4. The molecular weight excluding hydrogens is 363 g/mol. The van der Waals surface area contributed by atoms with Crippen LogP contribution in [0.1, 0.15) is 19.8 Å². The standard InChI is InChI=1S/C15H24N4.HI/c1-2-9-17-15(16)18-11-13-8-10-19(12-13)14-6-4-3-5-7-14;/h3-7,13H,2,8-12H2,1H3,(H3,16,17,18);1H. The van der Waals surface area contributed by atoms with Gasteiger partial charge in [0.1, 0.15) is 0 Å². The van der Waals surface area contributed by atoms with E-state index < -0.39 is 0 Å². The Hall–Kier alpha value is -0.980. The van der Waals surface area contributed by atoms with Crippen molar-refractivity contribution in [2.75, 3.05) is 31.1 Å². The lowest BCUT2D eigenvalue weighted by atomic mass is 10.1. The summed E-state index contributed by atoms with van der Waals surface area (Å²) < 4.78 is 0. The average molecular weight is 388 g/mol. The van der Waals surface area contributed by atoms with Crippen molar-refractivity contribution in [3.05, 3.63) is 30.3 Å². The number of nitrogens with zero attached hydrogens (tertiary/aromatic N) is 2. The van der Waals surface area contributed by atoms with E-state index in [4.69, 9.17) is 5.73 Å². The minimum Gasteiger partial charge on any atom is -0.371 e. The van der Waals surface area contributed by atoms with Gasteiger partial charge in [0, 0.05) is 31.9 Å². The monoisotopic (exact) mass is 388 g/mol. The summed E-state index contributed by atoms with van der Waals surface area (Å²) in [7, 11) is 0. The fourth-order valence-corrected chi connectivity index (χ4v) is 2.39. The highest BCUT2D eigenvalue weighted by Gasteiger charge is 2.22. The van der Waals surface area contributed by atoms with Gasteiger partial charge in [0.25, 0.3) is 0 Å². The molecule has 3 N–H and O–H groups in total. The molecular formula is C15H25IN4. The van der Waals surface area contributed by atoms with Crippen LogP contribution in [0.25, 0.3) is 0 Å². The van der Waals surface area contributed by atoms with E-state index in [1.807, 2.05) is 0 Å². The van der Waals surface area contributed by atoms with Gasteiger partial charge in [-0.2, -0.15) is 0 Å². The number of anilines is 1. The van der Waals surface area contributed by atoms with E-state index in [1.54, 1.807) is 0 Å². The summed E-state index contributed by atoms with van der Waals surface area (Å²) in [6.45, 7) is 6.04. The fourth-order valence-electron chi connectivity index (χ4n) is 2.39. The molecule has 0 aromatic heterocycles. The molecule has 0 amide bonds. The van der Waals surface area contributed by atoms with Crippen LogP contribution in [0.15, 0.2) is 35.3 Å². The van der Waals surface area contributed by atoms with Gasteiger partial charge >= 0.3 is 0 Å². The Balaban J connectivity index is 0.00000200. The van der Waals surface area contributed by atoms with Crippen molar-refractivity contribution >= 4 is 35.6 Å². The molecule has 5 heteroatoms. The minimum atomic E-state index is 0. The molecule has 0 aliphatic carbocycles. The Labute approximate surface area is 138 Å². The molecule has 1 aliphatic rings. The van der Waals surface area contributed by atoms with Crippen LogP contribution in [0, 0.1) is 5.92 Å². The Morgan fingerprint density at radius 1 is 1.40 bits per heavy atom. The van der Waals surface area contributed by atoms with Crippen LogP contribution in [0.3, 0.4) is 0 Å². The van der Waals surface area contributed by atoms with Gasteiger partial charge < -0.3 is 16.0 Å². The van der Waals surface area contributed by atoms with Crippen LogP contribution in [-0.2, 0) is 0 Å². The van der Waals surface area contributed by atoms with Crippen molar-refractivity contribution in [1.29, 1.82) is 0 Å². The molecule has 112 valence electrons. The number of nitrogens with two attached hydrogens (primary N) is 1. The number of para-hydroxylation sites is 1. The molecule has 20 heavy (non-hydrogen) atoms. The van der Waals surface area contributed by atoms with Crippen LogP contribution in [0.2, 0.25) is 0 Å². The maximum absolute atomic E-state index is 5.81. The van der Waals surface area contributed by atoms with Crippen molar-refractivity contribution in [3.63, 3.8) is 0 Å². The largest absolute Gasteiger partial charge is 0.371 e. The number of halogens is 1. The molecule has 0 saturated carbocycles. The van der Waals surface area contributed by atoms with Gasteiger partial charge in [0.15, 0.2) is 5.96 Å². The van der Waals surface area contributed by atoms with Crippen molar-refractivity contribution in [3.8, 4) is 0 Å². The van der Waals surface area contributed by atoms with E-state index in [-0.39, 0.29) is 24.0 Å². The zero-order chi connectivity index (χ0) is 13.5. The first kappa shape index (κ1) is 17.1. The normalized spacial score (nSPS) is 18.8. The Morgan fingerprint density at radius 3 is 2.85 bits per heavy atom. The highest BCUT2D eigenvalue weighted by molar-refractivity contribution is 14.0. The Morgan fingerprint density at radius 2 is 2.15 bits per heavy atom. The first-order valence-corrected chi connectivity index (χ1v) is 7.13. The second-order valence-corrected chi connectivity index (χ2v) is 5.09. The van der Waals surface area contributed by atoms with Gasteiger partial charge in [0.05, 0.1) is 0 Å². The smallest absolute Gasteiger partial charge is 0.188 e. The maximum Gasteiger partial charge on any atom is 0.188 e. The fraction of sp³-hybridized carbons (Fsp3) is 0.533. The number of guanidine groups is 1. The van der Waals surface area contributed by atoms with E-state index in [0.29, 0.717) is 11.9 Å². The first-order chi connectivity index (χ1) is 9.29. The molecule has 1 fully saturated rings. The second kappa shape index (κ2) is 9.05. The van der Waals surface area contributed by atoms with Crippen molar-refractivity contribution in [2.24, 2.45) is 16.6 Å². The van der Waals surface area contributed by atoms with E-state index in [9.17, 15) is 0 Å². The molecule has 1 aromatic carbocycles. The zero-order valence-electron chi connectivity index (χ0n) is 12.1. The third-order valence-electron chi connectivity index (χ3n) is 3.48.